The first-order valence-electron chi connectivity index (χ1n) is 5.68. The second-order valence-electron chi connectivity index (χ2n) is 4.07. The molecule has 102 valence electrons. The highest BCUT2D eigenvalue weighted by atomic mass is 35.5. The molecule has 0 amide bonds. The lowest BCUT2D eigenvalue weighted by molar-refractivity contribution is 0.468. The number of halogens is 2. The van der Waals surface area contributed by atoms with Crippen molar-refractivity contribution in [2.75, 3.05) is 5.32 Å². The Morgan fingerprint density at radius 2 is 2.00 bits per heavy atom. The van der Waals surface area contributed by atoms with Gasteiger partial charge in [0.15, 0.2) is 0 Å². The van der Waals surface area contributed by atoms with Crippen LogP contribution < -0.4 is 10.0 Å². The molecule has 0 aromatic heterocycles. The summed E-state index contributed by atoms with van der Waals surface area (Å²) in [6.45, 7) is 0. The molecule has 20 heavy (non-hydrogen) atoms. The molecule has 0 bridgehead atoms. The van der Waals surface area contributed by atoms with Gasteiger partial charge in [-0.1, -0.05) is 11.6 Å². The predicted octanol–water partition coefficient (Wildman–Crippen LogP) is 3.89. The Morgan fingerprint density at radius 3 is 2.75 bits per heavy atom. The third-order valence-electron chi connectivity index (χ3n) is 2.61. The molecule has 0 spiro atoms. The van der Waals surface area contributed by atoms with E-state index in [-0.39, 0.29) is 5.75 Å². The minimum Gasteiger partial charge on any atom is -0.506 e. The Morgan fingerprint density at radius 1 is 1.25 bits per heavy atom. The van der Waals surface area contributed by atoms with Crippen LogP contribution in [-0.4, -0.2) is 11.1 Å². The van der Waals surface area contributed by atoms with E-state index in [2.05, 4.69) is 15.0 Å². The van der Waals surface area contributed by atoms with E-state index >= 15 is 0 Å². The van der Waals surface area contributed by atoms with Crippen molar-refractivity contribution in [3.8, 4) is 5.75 Å². The molecular formula is C13H9ClFN3OS. The average molecular weight is 310 g/mol. The molecule has 0 unspecified atom stereocenters. The van der Waals surface area contributed by atoms with Crippen LogP contribution in [0.1, 0.15) is 0 Å². The number of benzene rings is 2. The summed E-state index contributed by atoms with van der Waals surface area (Å²) in [5.41, 5.74) is 1.14. The van der Waals surface area contributed by atoms with E-state index in [0.29, 0.717) is 21.6 Å². The van der Waals surface area contributed by atoms with Crippen molar-refractivity contribution in [2.24, 2.45) is 4.99 Å². The van der Waals surface area contributed by atoms with E-state index in [9.17, 15) is 9.50 Å². The van der Waals surface area contributed by atoms with Crippen molar-refractivity contribution in [2.45, 2.75) is 4.90 Å². The number of nitrogens with zero attached hydrogens (tertiary/aromatic N) is 1. The number of fused-ring (bicyclic) bond motifs is 1. The highest BCUT2D eigenvalue weighted by Gasteiger charge is 2.17. The number of phenols is 1. The number of phenolic OH excluding ortho intramolecular Hbond substituents is 1. The molecular weight excluding hydrogens is 301 g/mol. The molecule has 2 aromatic rings. The Bertz CT molecular complexity index is 691. The first kappa shape index (κ1) is 13.1. The zero-order valence-electron chi connectivity index (χ0n) is 10.0. The second-order valence-corrected chi connectivity index (χ2v) is 5.35. The molecule has 0 fully saturated rings. The number of hydrogen-bond acceptors (Lipinski definition) is 5. The van der Waals surface area contributed by atoms with Crippen LogP contribution in [0.5, 0.6) is 5.75 Å². The summed E-state index contributed by atoms with van der Waals surface area (Å²) in [5, 5.41) is 13.4. The van der Waals surface area contributed by atoms with Crippen LogP contribution in [-0.2, 0) is 0 Å². The summed E-state index contributed by atoms with van der Waals surface area (Å²) in [5.74, 6) is -0.240. The monoisotopic (exact) mass is 309 g/mol. The van der Waals surface area contributed by atoms with Crippen LogP contribution in [0, 0.1) is 5.82 Å². The molecule has 3 N–H and O–H groups in total. The number of aliphatic imine (C=N–C) groups is 1. The Hall–Kier alpha value is -1.92. The second kappa shape index (κ2) is 5.22. The molecule has 1 heterocycles. The number of aromatic hydroxyl groups is 1. The minimum absolute atomic E-state index is 0.190. The average Bonchev–Trinajstić information content (AvgIpc) is 2.42. The lowest BCUT2D eigenvalue weighted by Gasteiger charge is -2.18. The maximum atomic E-state index is 13.2. The lowest BCUT2D eigenvalue weighted by atomic mass is 10.3. The van der Waals surface area contributed by atoms with Gasteiger partial charge >= 0.3 is 0 Å². The van der Waals surface area contributed by atoms with E-state index in [1.54, 1.807) is 24.3 Å². The maximum absolute atomic E-state index is 13.2. The maximum Gasteiger partial charge on any atom is 0.211 e. The lowest BCUT2D eigenvalue weighted by Crippen LogP contribution is -2.26. The van der Waals surface area contributed by atoms with Gasteiger partial charge < -0.3 is 10.4 Å². The third kappa shape index (κ3) is 2.66. The summed E-state index contributed by atoms with van der Waals surface area (Å²) in [6.07, 6.45) is 0. The van der Waals surface area contributed by atoms with Crippen LogP contribution in [0.2, 0.25) is 5.02 Å². The Labute approximate surface area is 123 Å². The van der Waals surface area contributed by atoms with Crippen LogP contribution in [0.3, 0.4) is 0 Å². The molecule has 0 radical (unpaired) electrons. The van der Waals surface area contributed by atoms with Crippen LogP contribution in [0.15, 0.2) is 46.3 Å². The van der Waals surface area contributed by atoms with Crippen molar-refractivity contribution in [3.63, 3.8) is 0 Å². The molecule has 0 atom stereocenters. The van der Waals surface area contributed by atoms with E-state index in [0.717, 1.165) is 11.8 Å². The van der Waals surface area contributed by atoms with Crippen molar-refractivity contribution in [1.82, 2.24) is 4.72 Å². The van der Waals surface area contributed by atoms with Gasteiger partial charge in [-0.25, -0.2) is 9.38 Å². The highest BCUT2D eigenvalue weighted by molar-refractivity contribution is 7.98. The highest BCUT2D eigenvalue weighted by Crippen LogP contribution is 2.39. The van der Waals surface area contributed by atoms with E-state index in [1.165, 1.54) is 18.0 Å². The molecule has 0 saturated carbocycles. The first-order chi connectivity index (χ1) is 9.61. The van der Waals surface area contributed by atoms with Crippen LogP contribution >= 0.6 is 23.5 Å². The van der Waals surface area contributed by atoms with Crippen LogP contribution in [0.25, 0.3) is 0 Å². The number of hydrogen-bond donors (Lipinski definition) is 3. The zero-order chi connectivity index (χ0) is 14.1. The third-order valence-corrected chi connectivity index (χ3v) is 3.69. The van der Waals surface area contributed by atoms with Gasteiger partial charge in [0.1, 0.15) is 17.3 Å². The largest absolute Gasteiger partial charge is 0.506 e. The topological polar surface area (TPSA) is 56.7 Å². The molecule has 0 saturated heterocycles. The minimum atomic E-state index is -0.500. The predicted molar refractivity (Wildman–Crippen MR) is 79.2 cm³/mol. The van der Waals surface area contributed by atoms with Gasteiger partial charge in [0.25, 0.3) is 0 Å². The molecule has 1 aliphatic rings. The number of rotatable bonds is 1. The summed E-state index contributed by atoms with van der Waals surface area (Å²) in [6, 6.07) is 9.46. The molecule has 3 rings (SSSR count). The number of nitrogens with one attached hydrogen (secondary N) is 2. The summed E-state index contributed by atoms with van der Waals surface area (Å²) >= 11 is 6.99. The van der Waals surface area contributed by atoms with Crippen molar-refractivity contribution >= 4 is 40.9 Å². The quantitative estimate of drug-likeness (QED) is 0.699. The summed E-state index contributed by atoms with van der Waals surface area (Å²) < 4.78 is 16.1. The standard InChI is InChI=1S/C13H9ClFN3OS/c14-7-1-3-9(4-2-7)16-13-17-12-10(19)5-8(15)6-11(12)20-18-13/h1-6,19H,(H2,16,17,18). The fourth-order valence-electron chi connectivity index (χ4n) is 1.71. The Balaban J connectivity index is 1.89. The molecule has 0 aliphatic carbocycles. The van der Waals surface area contributed by atoms with Crippen molar-refractivity contribution < 1.29 is 9.50 Å². The van der Waals surface area contributed by atoms with E-state index in [4.69, 9.17) is 11.6 Å². The summed E-state index contributed by atoms with van der Waals surface area (Å²) in [7, 11) is 0. The smallest absolute Gasteiger partial charge is 0.211 e. The fourth-order valence-corrected chi connectivity index (χ4v) is 2.56. The van der Waals surface area contributed by atoms with E-state index in [1.807, 2.05) is 0 Å². The van der Waals surface area contributed by atoms with Crippen molar-refractivity contribution in [3.05, 3.63) is 47.2 Å². The number of guanidine groups is 1. The van der Waals surface area contributed by atoms with E-state index < -0.39 is 5.82 Å². The first-order valence-corrected chi connectivity index (χ1v) is 6.88. The molecule has 2 aromatic carbocycles. The van der Waals surface area contributed by atoms with Crippen LogP contribution in [0.4, 0.5) is 15.8 Å². The summed E-state index contributed by atoms with van der Waals surface area (Å²) in [4.78, 5) is 4.76. The normalized spacial score (nSPS) is 13.2. The van der Waals surface area contributed by atoms with Crippen molar-refractivity contribution in [1.29, 1.82) is 0 Å². The van der Waals surface area contributed by atoms with Gasteiger partial charge in [-0.2, -0.15) is 0 Å². The van der Waals surface area contributed by atoms with Gasteiger partial charge in [-0.3, -0.25) is 4.72 Å². The zero-order valence-corrected chi connectivity index (χ0v) is 11.6. The molecule has 4 nitrogen and oxygen atoms in total. The Kier molecular flexibility index (Phi) is 3.42. The number of anilines is 1. The van der Waals surface area contributed by atoms with Gasteiger partial charge in [0.2, 0.25) is 5.96 Å². The van der Waals surface area contributed by atoms with Gasteiger partial charge in [-0.05, 0) is 42.3 Å². The van der Waals surface area contributed by atoms with Gasteiger partial charge in [0, 0.05) is 16.8 Å². The SMILES string of the molecule is Oc1cc(F)cc2c1N=C(Nc1ccc(Cl)cc1)NS2. The molecule has 1 aliphatic heterocycles. The van der Waals surface area contributed by atoms with Gasteiger partial charge in [0.05, 0.1) is 4.90 Å². The van der Waals surface area contributed by atoms with Gasteiger partial charge in [-0.15, -0.1) is 0 Å². The molecule has 7 heteroatoms. The fraction of sp³-hybridized carbons (Fsp3) is 0.